The summed E-state index contributed by atoms with van der Waals surface area (Å²) in [4.78, 5) is 15.2. The fourth-order valence-electron chi connectivity index (χ4n) is 2.06. The SMILES string of the molecule is Nc1ccc2[nH]cc(C(=O)NCCn3ccnn3)c2c1. The van der Waals surface area contributed by atoms with Crippen LogP contribution in [0.15, 0.2) is 36.8 Å². The van der Waals surface area contributed by atoms with Crippen LogP contribution in [0, 0.1) is 0 Å². The predicted octanol–water partition coefficient (Wildman–Crippen LogP) is 0.772. The molecule has 3 rings (SSSR count). The molecule has 0 spiro atoms. The average molecular weight is 270 g/mol. The van der Waals surface area contributed by atoms with E-state index in [1.54, 1.807) is 35.4 Å². The Hall–Kier alpha value is -2.83. The van der Waals surface area contributed by atoms with Crippen molar-refractivity contribution < 1.29 is 4.79 Å². The molecular formula is C13H14N6O. The molecule has 7 heteroatoms. The summed E-state index contributed by atoms with van der Waals surface area (Å²) in [6.45, 7) is 1.06. The molecule has 0 saturated heterocycles. The molecule has 0 aliphatic carbocycles. The Morgan fingerprint density at radius 2 is 2.35 bits per heavy atom. The fraction of sp³-hybridized carbons (Fsp3) is 0.154. The molecule has 0 saturated carbocycles. The van der Waals surface area contributed by atoms with E-state index in [0.29, 0.717) is 24.3 Å². The first-order chi connectivity index (χ1) is 9.74. The van der Waals surface area contributed by atoms with E-state index in [9.17, 15) is 4.79 Å². The molecule has 3 aromatic rings. The van der Waals surface area contributed by atoms with E-state index in [1.165, 1.54) is 0 Å². The van der Waals surface area contributed by atoms with Crippen molar-refractivity contribution in [3.8, 4) is 0 Å². The molecule has 0 fully saturated rings. The van der Waals surface area contributed by atoms with E-state index in [4.69, 9.17) is 5.73 Å². The largest absolute Gasteiger partial charge is 0.399 e. The fourth-order valence-corrected chi connectivity index (χ4v) is 2.06. The van der Waals surface area contributed by atoms with Crippen LogP contribution in [-0.2, 0) is 6.54 Å². The number of hydrogen-bond acceptors (Lipinski definition) is 4. The Morgan fingerprint density at radius 1 is 1.45 bits per heavy atom. The molecule has 4 N–H and O–H groups in total. The zero-order chi connectivity index (χ0) is 13.9. The number of aromatic amines is 1. The van der Waals surface area contributed by atoms with Crippen molar-refractivity contribution in [2.24, 2.45) is 0 Å². The second-order valence-corrected chi connectivity index (χ2v) is 4.43. The number of carbonyl (C=O) groups is 1. The lowest BCUT2D eigenvalue weighted by Gasteiger charge is -2.04. The maximum absolute atomic E-state index is 12.1. The van der Waals surface area contributed by atoms with Gasteiger partial charge in [-0.05, 0) is 18.2 Å². The molecule has 7 nitrogen and oxygen atoms in total. The lowest BCUT2D eigenvalue weighted by molar-refractivity contribution is 0.0953. The van der Waals surface area contributed by atoms with Crippen LogP contribution in [0.4, 0.5) is 5.69 Å². The van der Waals surface area contributed by atoms with E-state index >= 15 is 0 Å². The summed E-state index contributed by atoms with van der Waals surface area (Å²) in [5, 5.41) is 11.2. The highest BCUT2D eigenvalue weighted by atomic mass is 16.1. The lowest BCUT2D eigenvalue weighted by atomic mass is 10.1. The molecule has 0 unspecified atom stereocenters. The Morgan fingerprint density at radius 3 is 3.15 bits per heavy atom. The van der Waals surface area contributed by atoms with Crippen LogP contribution in [0.25, 0.3) is 10.9 Å². The average Bonchev–Trinajstić information content (AvgIpc) is 3.07. The van der Waals surface area contributed by atoms with Gasteiger partial charge in [-0.3, -0.25) is 9.48 Å². The van der Waals surface area contributed by atoms with Crippen molar-refractivity contribution >= 4 is 22.5 Å². The zero-order valence-corrected chi connectivity index (χ0v) is 10.7. The Kier molecular flexibility index (Phi) is 3.08. The quantitative estimate of drug-likeness (QED) is 0.609. The van der Waals surface area contributed by atoms with Gasteiger partial charge in [0.1, 0.15) is 0 Å². The molecule has 0 aliphatic heterocycles. The Balaban J connectivity index is 1.70. The minimum atomic E-state index is -0.137. The van der Waals surface area contributed by atoms with Crippen LogP contribution in [-0.4, -0.2) is 32.4 Å². The summed E-state index contributed by atoms with van der Waals surface area (Å²) in [7, 11) is 0. The summed E-state index contributed by atoms with van der Waals surface area (Å²) in [6, 6.07) is 5.44. The first kappa shape index (κ1) is 12.2. The third-order valence-electron chi connectivity index (χ3n) is 3.05. The smallest absolute Gasteiger partial charge is 0.253 e. The number of benzene rings is 1. The minimum absolute atomic E-state index is 0.137. The van der Waals surface area contributed by atoms with E-state index < -0.39 is 0 Å². The number of rotatable bonds is 4. The molecule has 2 aromatic heterocycles. The molecule has 0 atom stereocenters. The van der Waals surface area contributed by atoms with E-state index in [-0.39, 0.29) is 5.91 Å². The molecule has 1 aromatic carbocycles. The maximum atomic E-state index is 12.1. The van der Waals surface area contributed by atoms with Gasteiger partial charge in [0.15, 0.2) is 0 Å². The molecule has 1 amide bonds. The van der Waals surface area contributed by atoms with Crippen molar-refractivity contribution in [3.63, 3.8) is 0 Å². The van der Waals surface area contributed by atoms with Crippen molar-refractivity contribution in [1.29, 1.82) is 0 Å². The minimum Gasteiger partial charge on any atom is -0.399 e. The molecular weight excluding hydrogens is 256 g/mol. The number of carbonyl (C=O) groups excluding carboxylic acids is 1. The Bertz CT molecular complexity index is 730. The van der Waals surface area contributed by atoms with Crippen LogP contribution in [0.2, 0.25) is 0 Å². The summed E-state index contributed by atoms with van der Waals surface area (Å²) in [5.41, 5.74) is 7.86. The van der Waals surface area contributed by atoms with E-state index in [0.717, 1.165) is 10.9 Å². The molecule has 102 valence electrons. The van der Waals surface area contributed by atoms with Gasteiger partial charge in [-0.2, -0.15) is 0 Å². The number of nitrogens with one attached hydrogen (secondary N) is 2. The van der Waals surface area contributed by atoms with Gasteiger partial charge in [0, 0.05) is 35.5 Å². The van der Waals surface area contributed by atoms with Gasteiger partial charge in [0.25, 0.3) is 5.91 Å². The van der Waals surface area contributed by atoms with Crippen molar-refractivity contribution in [3.05, 3.63) is 42.4 Å². The van der Waals surface area contributed by atoms with Crippen molar-refractivity contribution in [2.45, 2.75) is 6.54 Å². The first-order valence-electron chi connectivity index (χ1n) is 6.23. The van der Waals surface area contributed by atoms with Crippen LogP contribution in [0.1, 0.15) is 10.4 Å². The lowest BCUT2D eigenvalue weighted by Crippen LogP contribution is -2.27. The number of nitrogens with zero attached hydrogens (tertiary/aromatic N) is 3. The van der Waals surface area contributed by atoms with Crippen LogP contribution >= 0.6 is 0 Å². The number of aromatic nitrogens is 4. The van der Waals surface area contributed by atoms with Gasteiger partial charge in [-0.1, -0.05) is 5.21 Å². The highest BCUT2D eigenvalue weighted by Crippen LogP contribution is 2.20. The molecule has 20 heavy (non-hydrogen) atoms. The molecule has 0 aliphatic rings. The van der Waals surface area contributed by atoms with Crippen molar-refractivity contribution in [1.82, 2.24) is 25.3 Å². The summed E-state index contributed by atoms with van der Waals surface area (Å²) in [5.74, 6) is -0.137. The van der Waals surface area contributed by atoms with Gasteiger partial charge in [-0.25, -0.2) is 0 Å². The molecule has 0 radical (unpaired) electrons. The van der Waals surface area contributed by atoms with Gasteiger partial charge in [-0.15, -0.1) is 5.10 Å². The number of hydrogen-bond donors (Lipinski definition) is 3. The zero-order valence-electron chi connectivity index (χ0n) is 10.7. The molecule has 2 heterocycles. The third kappa shape index (κ3) is 2.33. The number of anilines is 1. The number of H-pyrrole nitrogens is 1. The predicted molar refractivity (Wildman–Crippen MR) is 75.1 cm³/mol. The van der Waals surface area contributed by atoms with Crippen LogP contribution < -0.4 is 11.1 Å². The van der Waals surface area contributed by atoms with Gasteiger partial charge in [0.05, 0.1) is 18.3 Å². The third-order valence-corrected chi connectivity index (χ3v) is 3.05. The normalized spacial score (nSPS) is 10.8. The van der Waals surface area contributed by atoms with E-state index in [2.05, 4.69) is 20.6 Å². The standard InChI is InChI=1S/C13H14N6O/c14-9-1-2-12-10(7-9)11(8-16-12)13(20)15-3-5-19-6-4-17-18-19/h1-2,4,6-8,16H,3,5,14H2,(H,15,20). The number of amides is 1. The number of nitrogen functional groups attached to an aromatic ring is 1. The monoisotopic (exact) mass is 270 g/mol. The summed E-state index contributed by atoms with van der Waals surface area (Å²) < 4.78 is 1.66. The second kappa shape index (κ2) is 5.04. The van der Waals surface area contributed by atoms with Crippen LogP contribution in [0.3, 0.4) is 0 Å². The van der Waals surface area contributed by atoms with Gasteiger partial charge >= 0.3 is 0 Å². The highest BCUT2D eigenvalue weighted by Gasteiger charge is 2.11. The van der Waals surface area contributed by atoms with Gasteiger partial charge in [0.2, 0.25) is 0 Å². The van der Waals surface area contributed by atoms with Gasteiger partial charge < -0.3 is 16.0 Å². The summed E-state index contributed by atoms with van der Waals surface area (Å²) in [6.07, 6.45) is 5.04. The highest BCUT2D eigenvalue weighted by molar-refractivity contribution is 6.07. The topological polar surface area (TPSA) is 102 Å². The van der Waals surface area contributed by atoms with Crippen LogP contribution in [0.5, 0.6) is 0 Å². The second-order valence-electron chi connectivity index (χ2n) is 4.43. The molecule has 0 bridgehead atoms. The number of fused-ring (bicyclic) bond motifs is 1. The summed E-state index contributed by atoms with van der Waals surface area (Å²) >= 11 is 0. The Labute approximate surface area is 114 Å². The maximum Gasteiger partial charge on any atom is 0.253 e. The first-order valence-corrected chi connectivity index (χ1v) is 6.23. The van der Waals surface area contributed by atoms with Crippen molar-refractivity contribution in [2.75, 3.05) is 12.3 Å². The number of nitrogens with two attached hydrogens (primary N) is 1. The van der Waals surface area contributed by atoms with E-state index in [1.807, 2.05) is 6.07 Å².